The number of rotatable bonds is 8. The molecule has 136 valence electrons. The largest absolute Gasteiger partial charge is 0.461 e. The summed E-state index contributed by atoms with van der Waals surface area (Å²) in [5, 5.41) is 18.0. The predicted molar refractivity (Wildman–Crippen MR) is 103 cm³/mol. The molecule has 3 rings (SSSR count). The maximum absolute atomic E-state index is 12.7. The van der Waals surface area contributed by atoms with Crippen molar-refractivity contribution >= 4 is 23.4 Å². The number of para-hydroxylation sites is 1. The lowest BCUT2D eigenvalue weighted by atomic mass is 10.3. The molecule has 7 nitrogen and oxygen atoms in total. The predicted octanol–water partition coefficient (Wildman–Crippen LogP) is 3.37. The van der Waals surface area contributed by atoms with Crippen molar-refractivity contribution in [1.29, 1.82) is 5.26 Å². The van der Waals surface area contributed by atoms with Crippen LogP contribution < -0.4 is 4.90 Å². The first-order chi connectivity index (χ1) is 13.2. The Morgan fingerprint density at radius 1 is 1.30 bits per heavy atom. The molecule has 1 amide bonds. The molecule has 2 aromatic heterocycles. The number of benzene rings is 1. The summed E-state index contributed by atoms with van der Waals surface area (Å²) < 4.78 is 7.23. The number of thioether (sulfide) groups is 1. The van der Waals surface area contributed by atoms with E-state index in [4.69, 9.17) is 9.68 Å². The fourth-order valence-electron chi connectivity index (χ4n) is 2.48. The van der Waals surface area contributed by atoms with Crippen molar-refractivity contribution < 1.29 is 9.21 Å². The maximum atomic E-state index is 12.7. The molecule has 0 saturated heterocycles. The molecule has 0 fully saturated rings. The number of aromatic nitrogens is 3. The van der Waals surface area contributed by atoms with Gasteiger partial charge in [-0.3, -0.25) is 14.3 Å². The lowest BCUT2D eigenvalue weighted by molar-refractivity contribution is -0.116. The lowest BCUT2D eigenvalue weighted by Gasteiger charge is -2.19. The molecule has 27 heavy (non-hydrogen) atoms. The van der Waals surface area contributed by atoms with Crippen molar-refractivity contribution in [3.63, 3.8) is 0 Å². The molecular formula is C19H17N5O2S. The summed E-state index contributed by atoms with van der Waals surface area (Å²) in [6.07, 6.45) is 3.30. The molecule has 0 N–H and O–H groups in total. The zero-order valence-corrected chi connectivity index (χ0v) is 15.3. The topological polar surface area (TPSA) is 88.0 Å². The third kappa shape index (κ3) is 4.27. The van der Waals surface area contributed by atoms with E-state index in [2.05, 4.69) is 16.8 Å². The van der Waals surface area contributed by atoms with Gasteiger partial charge in [0.25, 0.3) is 0 Å². The van der Waals surface area contributed by atoms with Crippen LogP contribution in [0.1, 0.15) is 0 Å². The Morgan fingerprint density at radius 3 is 2.78 bits per heavy atom. The van der Waals surface area contributed by atoms with Crippen LogP contribution in [0.15, 0.2) is 71.0 Å². The average molecular weight is 379 g/mol. The third-order valence-corrected chi connectivity index (χ3v) is 4.64. The number of allylic oxidation sites excluding steroid dienone is 1. The summed E-state index contributed by atoms with van der Waals surface area (Å²) in [4.78, 5) is 14.1. The van der Waals surface area contributed by atoms with Gasteiger partial charge in [0.15, 0.2) is 10.9 Å². The number of nitriles is 1. The van der Waals surface area contributed by atoms with E-state index in [1.807, 2.05) is 28.8 Å². The highest BCUT2D eigenvalue weighted by Crippen LogP contribution is 2.25. The van der Waals surface area contributed by atoms with Gasteiger partial charge < -0.3 is 4.42 Å². The molecule has 0 aliphatic rings. The number of amides is 1. The number of carbonyl (C=O) groups excluding carboxylic acids is 1. The molecular weight excluding hydrogens is 362 g/mol. The Balaban J connectivity index is 1.76. The highest BCUT2D eigenvalue weighted by molar-refractivity contribution is 7.99. The third-order valence-electron chi connectivity index (χ3n) is 3.69. The summed E-state index contributed by atoms with van der Waals surface area (Å²) >= 11 is 1.26. The van der Waals surface area contributed by atoms with Crippen LogP contribution in [0.3, 0.4) is 0 Å². The molecule has 0 unspecified atom stereocenters. The minimum Gasteiger partial charge on any atom is -0.461 e. The SMILES string of the molecule is C=CCn1c(SCC(=O)N(CC#N)c2ccccc2)nnc1-c1ccco1. The Labute approximate surface area is 160 Å². The van der Waals surface area contributed by atoms with Crippen LogP contribution >= 0.6 is 11.8 Å². The van der Waals surface area contributed by atoms with Crippen LogP contribution in [0, 0.1) is 11.3 Å². The highest BCUT2D eigenvalue weighted by Gasteiger charge is 2.19. The molecule has 8 heteroatoms. The van der Waals surface area contributed by atoms with E-state index in [0.717, 1.165) is 0 Å². The van der Waals surface area contributed by atoms with Gasteiger partial charge in [-0.25, -0.2) is 0 Å². The number of carbonyl (C=O) groups is 1. The summed E-state index contributed by atoms with van der Waals surface area (Å²) in [5.41, 5.74) is 0.688. The van der Waals surface area contributed by atoms with Crippen LogP contribution in [0.4, 0.5) is 5.69 Å². The van der Waals surface area contributed by atoms with E-state index in [1.165, 1.54) is 16.7 Å². The molecule has 1 aromatic carbocycles. The smallest absolute Gasteiger partial charge is 0.238 e. The first kappa shape index (κ1) is 18.5. The minimum absolute atomic E-state index is 0.0135. The maximum Gasteiger partial charge on any atom is 0.238 e. The van der Waals surface area contributed by atoms with Crippen LogP contribution in [0.5, 0.6) is 0 Å². The number of furan rings is 1. The molecule has 0 spiro atoms. The van der Waals surface area contributed by atoms with Gasteiger partial charge >= 0.3 is 0 Å². The quantitative estimate of drug-likeness (QED) is 0.339. The zero-order valence-electron chi connectivity index (χ0n) is 14.5. The highest BCUT2D eigenvalue weighted by atomic mass is 32.2. The molecule has 0 radical (unpaired) electrons. The molecule has 2 heterocycles. The Morgan fingerprint density at radius 2 is 2.11 bits per heavy atom. The summed E-state index contributed by atoms with van der Waals surface area (Å²) in [6, 6.07) is 14.7. The van der Waals surface area contributed by atoms with Crippen LogP contribution in [-0.4, -0.2) is 33.0 Å². The molecule has 0 saturated carbocycles. The molecule has 0 atom stereocenters. The average Bonchev–Trinajstić information content (AvgIpc) is 3.35. The summed E-state index contributed by atoms with van der Waals surface area (Å²) in [6.45, 7) is 4.23. The van der Waals surface area contributed by atoms with E-state index in [9.17, 15) is 4.79 Å². The fourth-order valence-corrected chi connectivity index (χ4v) is 3.31. The Hall–Kier alpha value is -3.31. The fraction of sp³-hybridized carbons (Fsp3) is 0.158. The van der Waals surface area contributed by atoms with Crippen LogP contribution in [0.2, 0.25) is 0 Å². The molecule has 0 aliphatic carbocycles. The number of hydrogen-bond acceptors (Lipinski definition) is 6. The number of nitrogens with zero attached hydrogens (tertiary/aromatic N) is 5. The second-order valence-corrected chi connectivity index (χ2v) is 6.39. The van der Waals surface area contributed by atoms with Crippen molar-refractivity contribution in [2.45, 2.75) is 11.7 Å². The van der Waals surface area contributed by atoms with Crippen LogP contribution in [-0.2, 0) is 11.3 Å². The van der Waals surface area contributed by atoms with Gasteiger partial charge in [0.05, 0.1) is 18.1 Å². The normalized spacial score (nSPS) is 10.3. The van der Waals surface area contributed by atoms with Crippen LogP contribution in [0.25, 0.3) is 11.6 Å². The molecule has 0 aliphatic heterocycles. The lowest BCUT2D eigenvalue weighted by Crippen LogP contribution is -2.32. The van der Waals surface area contributed by atoms with Gasteiger partial charge in [0.1, 0.15) is 6.54 Å². The van der Waals surface area contributed by atoms with Gasteiger partial charge in [-0.2, -0.15) is 5.26 Å². The van der Waals surface area contributed by atoms with Crippen molar-refractivity contribution in [3.8, 4) is 17.7 Å². The molecule has 3 aromatic rings. The van der Waals surface area contributed by atoms with Crippen molar-refractivity contribution in [1.82, 2.24) is 14.8 Å². The second-order valence-electron chi connectivity index (χ2n) is 5.44. The monoisotopic (exact) mass is 379 g/mol. The standard InChI is InChI=1S/C19H17N5O2S/c1-2-11-24-18(16-9-6-13-26-16)21-22-19(24)27-14-17(25)23(12-10-20)15-7-4-3-5-8-15/h2-9,13H,1,11-12,14H2. The van der Waals surface area contributed by atoms with Crippen molar-refractivity contribution in [2.75, 3.05) is 17.2 Å². The summed E-state index contributed by atoms with van der Waals surface area (Å²) in [5.74, 6) is 1.12. The van der Waals surface area contributed by atoms with Gasteiger partial charge in [-0.05, 0) is 24.3 Å². The molecule has 0 bridgehead atoms. The van der Waals surface area contributed by atoms with Gasteiger partial charge in [0.2, 0.25) is 11.7 Å². The van der Waals surface area contributed by atoms with E-state index >= 15 is 0 Å². The van der Waals surface area contributed by atoms with Crippen molar-refractivity contribution in [3.05, 3.63) is 61.4 Å². The van der Waals surface area contributed by atoms with E-state index in [1.54, 1.807) is 36.6 Å². The van der Waals surface area contributed by atoms with E-state index in [0.29, 0.717) is 29.0 Å². The first-order valence-electron chi connectivity index (χ1n) is 8.17. The zero-order chi connectivity index (χ0) is 19.1. The number of anilines is 1. The van der Waals surface area contributed by atoms with Gasteiger partial charge in [-0.15, -0.1) is 16.8 Å². The van der Waals surface area contributed by atoms with E-state index < -0.39 is 0 Å². The van der Waals surface area contributed by atoms with Crippen molar-refractivity contribution in [2.24, 2.45) is 0 Å². The van der Waals surface area contributed by atoms with Gasteiger partial charge in [-0.1, -0.05) is 36.0 Å². The Kier molecular flexibility index (Phi) is 6.07. The summed E-state index contributed by atoms with van der Waals surface area (Å²) in [7, 11) is 0. The Bertz CT molecular complexity index is 944. The number of hydrogen-bond donors (Lipinski definition) is 0. The second kappa shape index (κ2) is 8.87. The first-order valence-corrected chi connectivity index (χ1v) is 9.16. The van der Waals surface area contributed by atoms with Gasteiger partial charge in [0, 0.05) is 12.2 Å². The minimum atomic E-state index is -0.180. The van der Waals surface area contributed by atoms with E-state index in [-0.39, 0.29) is 18.2 Å².